The Morgan fingerprint density at radius 3 is 2.61 bits per heavy atom. The van der Waals surface area contributed by atoms with Gasteiger partial charge in [0.05, 0.1) is 11.6 Å². The van der Waals surface area contributed by atoms with Gasteiger partial charge in [0.25, 0.3) is 0 Å². The van der Waals surface area contributed by atoms with Crippen LogP contribution in [0.4, 0.5) is 11.5 Å². The Hall–Kier alpha value is -3.21. The number of para-hydroxylation sites is 1. The molecular formula is C23H22N4O. The number of fused-ring (bicyclic) bond motifs is 1. The predicted molar refractivity (Wildman–Crippen MR) is 110 cm³/mol. The van der Waals surface area contributed by atoms with Crippen LogP contribution in [0.2, 0.25) is 0 Å². The maximum atomic E-state index is 13.1. The van der Waals surface area contributed by atoms with Crippen LogP contribution in [-0.4, -0.2) is 35.5 Å². The van der Waals surface area contributed by atoms with Crippen molar-refractivity contribution in [2.45, 2.75) is 12.8 Å². The molecule has 3 heterocycles. The largest absolute Gasteiger partial charge is 0.355 e. The van der Waals surface area contributed by atoms with Crippen LogP contribution in [0.3, 0.4) is 0 Å². The highest BCUT2D eigenvalue weighted by atomic mass is 16.2. The van der Waals surface area contributed by atoms with E-state index in [4.69, 9.17) is 0 Å². The number of carbonyl (C=O) groups is 1. The lowest BCUT2D eigenvalue weighted by atomic mass is 9.95. The third kappa shape index (κ3) is 3.03. The fraction of sp³-hybridized carbons (Fsp3) is 0.261. The van der Waals surface area contributed by atoms with Crippen LogP contribution >= 0.6 is 0 Å². The number of aryl methyl sites for hydroxylation is 1. The number of aromatic nitrogens is 2. The highest BCUT2D eigenvalue weighted by molar-refractivity contribution is 5.97. The van der Waals surface area contributed by atoms with E-state index < -0.39 is 0 Å². The molecule has 0 unspecified atom stereocenters. The summed E-state index contributed by atoms with van der Waals surface area (Å²) < 4.78 is 0. The van der Waals surface area contributed by atoms with Crippen LogP contribution in [0, 0.1) is 5.92 Å². The zero-order valence-electron chi connectivity index (χ0n) is 15.7. The van der Waals surface area contributed by atoms with Crippen molar-refractivity contribution >= 4 is 17.4 Å². The van der Waals surface area contributed by atoms with Gasteiger partial charge in [0.2, 0.25) is 5.91 Å². The van der Waals surface area contributed by atoms with Crippen molar-refractivity contribution in [1.29, 1.82) is 0 Å². The molecule has 0 aliphatic carbocycles. The lowest BCUT2D eigenvalue weighted by molar-refractivity contribution is -0.123. The first-order valence-electron chi connectivity index (χ1n) is 9.81. The van der Waals surface area contributed by atoms with Gasteiger partial charge in [-0.1, -0.05) is 48.5 Å². The molecule has 2 aliphatic heterocycles. The van der Waals surface area contributed by atoms with Gasteiger partial charge in [-0.2, -0.15) is 0 Å². The number of carbonyl (C=O) groups excluding carboxylic acids is 1. The van der Waals surface area contributed by atoms with Gasteiger partial charge in [0.1, 0.15) is 12.1 Å². The van der Waals surface area contributed by atoms with E-state index in [1.807, 2.05) is 47.4 Å². The van der Waals surface area contributed by atoms with Crippen molar-refractivity contribution in [2.24, 2.45) is 5.92 Å². The molecule has 3 aromatic rings. The summed E-state index contributed by atoms with van der Waals surface area (Å²) in [6.45, 7) is 2.24. The van der Waals surface area contributed by atoms with Gasteiger partial charge in [0.15, 0.2) is 0 Å². The molecule has 0 radical (unpaired) electrons. The minimum Gasteiger partial charge on any atom is -0.355 e. The van der Waals surface area contributed by atoms with E-state index in [1.165, 1.54) is 5.56 Å². The number of rotatable bonds is 3. The monoisotopic (exact) mass is 370 g/mol. The van der Waals surface area contributed by atoms with Crippen LogP contribution in [-0.2, 0) is 11.2 Å². The number of amides is 1. The maximum absolute atomic E-state index is 13.1. The van der Waals surface area contributed by atoms with Crippen molar-refractivity contribution in [1.82, 2.24) is 9.97 Å². The summed E-state index contributed by atoms with van der Waals surface area (Å²) in [4.78, 5) is 26.0. The summed E-state index contributed by atoms with van der Waals surface area (Å²) >= 11 is 0. The molecule has 5 heteroatoms. The summed E-state index contributed by atoms with van der Waals surface area (Å²) in [6.07, 6.45) is 3.69. The molecule has 0 atom stereocenters. The number of hydrogen-bond acceptors (Lipinski definition) is 4. The van der Waals surface area contributed by atoms with Gasteiger partial charge >= 0.3 is 0 Å². The molecule has 28 heavy (non-hydrogen) atoms. The second kappa shape index (κ2) is 7.08. The highest BCUT2D eigenvalue weighted by Crippen LogP contribution is 2.31. The van der Waals surface area contributed by atoms with Gasteiger partial charge in [-0.05, 0) is 24.5 Å². The third-order valence-corrected chi connectivity index (χ3v) is 5.65. The first-order chi connectivity index (χ1) is 13.8. The Kier molecular flexibility index (Phi) is 4.28. The molecule has 0 saturated carbocycles. The molecule has 1 fully saturated rings. The average Bonchev–Trinajstić information content (AvgIpc) is 2.73. The van der Waals surface area contributed by atoms with Crippen LogP contribution in [0.15, 0.2) is 67.0 Å². The molecule has 2 aliphatic rings. The standard InChI is InChI=1S/C23H22N4O/c28-23(27-12-6-10-18-9-4-5-11-21(18)27)19-14-26(15-19)22-13-20(24-16-25-22)17-7-2-1-3-8-17/h1-5,7-9,11,13,16,19H,6,10,12,14-15H2. The van der Waals surface area contributed by atoms with E-state index in [1.54, 1.807) is 6.33 Å². The van der Waals surface area contributed by atoms with Crippen molar-refractivity contribution in [3.05, 3.63) is 72.6 Å². The zero-order chi connectivity index (χ0) is 18.9. The Morgan fingerprint density at radius 1 is 0.964 bits per heavy atom. The quantitative estimate of drug-likeness (QED) is 0.707. The molecule has 0 bridgehead atoms. The fourth-order valence-electron chi connectivity index (χ4n) is 4.09. The minimum atomic E-state index is 0.0290. The summed E-state index contributed by atoms with van der Waals surface area (Å²) in [6, 6.07) is 20.4. The molecule has 2 aromatic carbocycles. The number of nitrogens with zero attached hydrogens (tertiary/aromatic N) is 4. The first kappa shape index (κ1) is 16.9. The fourth-order valence-corrected chi connectivity index (χ4v) is 4.09. The summed E-state index contributed by atoms with van der Waals surface area (Å²) in [5, 5.41) is 0. The lowest BCUT2D eigenvalue weighted by Crippen LogP contribution is -2.55. The van der Waals surface area contributed by atoms with Gasteiger partial charge in [-0.3, -0.25) is 4.79 Å². The summed E-state index contributed by atoms with van der Waals surface area (Å²) in [5.74, 6) is 1.15. The van der Waals surface area contributed by atoms with E-state index in [-0.39, 0.29) is 11.8 Å². The van der Waals surface area contributed by atoms with E-state index in [2.05, 4.69) is 33.1 Å². The molecule has 0 N–H and O–H groups in total. The third-order valence-electron chi connectivity index (χ3n) is 5.65. The minimum absolute atomic E-state index is 0.0290. The molecule has 1 aromatic heterocycles. The Morgan fingerprint density at radius 2 is 1.75 bits per heavy atom. The van der Waals surface area contributed by atoms with E-state index in [0.29, 0.717) is 13.1 Å². The second-order valence-electron chi connectivity index (χ2n) is 7.45. The van der Waals surface area contributed by atoms with Gasteiger partial charge in [-0.25, -0.2) is 9.97 Å². The zero-order valence-corrected chi connectivity index (χ0v) is 15.7. The van der Waals surface area contributed by atoms with Gasteiger partial charge in [0, 0.05) is 37.0 Å². The topological polar surface area (TPSA) is 49.3 Å². The Bertz CT molecular complexity index is 998. The number of benzene rings is 2. The van der Waals surface area contributed by atoms with Crippen molar-refractivity contribution < 1.29 is 4.79 Å². The highest BCUT2D eigenvalue weighted by Gasteiger charge is 2.37. The molecule has 5 rings (SSSR count). The molecule has 1 amide bonds. The van der Waals surface area contributed by atoms with E-state index in [0.717, 1.165) is 42.1 Å². The molecule has 140 valence electrons. The molecule has 1 saturated heterocycles. The number of hydrogen-bond donors (Lipinski definition) is 0. The summed E-state index contributed by atoms with van der Waals surface area (Å²) in [7, 11) is 0. The van der Waals surface area contributed by atoms with Crippen LogP contribution in [0.25, 0.3) is 11.3 Å². The Labute approximate surface area is 164 Å². The normalized spacial score (nSPS) is 16.4. The SMILES string of the molecule is O=C(C1CN(c2cc(-c3ccccc3)ncn2)C1)N1CCCc2ccccc21. The molecule has 5 nitrogen and oxygen atoms in total. The lowest BCUT2D eigenvalue weighted by Gasteiger charge is -2.42. The van der Waals surface area contributed by atoms with Gasteiger partial charge < -0.3 is 9.80 Å². The second-order valence-corrected chi connectivity index (χ2v) is 7.45. The van der Waals surface area contributed by atoms with Crippen molar-refractivity contribution in [3.63, 3.8) is 0 Å². The molecular weight excluding hydrogens is 348 g/mol. The van der Waals surface area contributed by atoms with Crippen molar-refractivity contribution in [2.75, 3.05) is 29.4 Å². The van der Waals surface area contributed by atoms with Crippen LogP contribution in [0.1, 0.15) is 12.0 Å². The average molecular weight is 370 g/mol. The first-order valence-corrected chi connectivity index (χ1v) is 9.81. The van der Waals surface area contributed by atoms with E-state index in [9.17, 15) is 4.79 Å². The molecule has 0 spiro atoms. The van der Waals surface area contributed by atoms with Crippen LogP contribution in [0.5, 0.6) is 0 Å². The maximum Gasteiger partial charge on any atom is 0.233 e. The van der Waals surface area contributed by atoms with Crippen molar-refractivity contribution in [3.8, 4) is 11.3 Å². The van der Waals surface area contributed by atoms with Gasteiger partial charge in [-0.15, -0.1) is 0 Å². The van der Waals surface area contributed by atoms with E-state index >= 15 is 0 Å². The smallest absolute Gasteiger partial charge is 0.233 e. The number of anilines is 2. The Balaban J connectivity index is 1.29. The van der Waals surface area contributed by atoms with Crippen LogP contribution < -0.4 is 9.80 Å². The summed E-state index contributed by atoms with van der Waals surface area (Å²) in [5.41, 5.74) is 4.35. The predicted octanol–water partition coefficient (Wildman–Crippen LogP) is 3.56.